The zero-order valence-electron chi connectivity index (χ0n) is 16.5. The largest absolute Gasteiger partial charge is 0.327 e. The standard InChI is InChI=1S/C24H25N3O/c1-3-8-23-26-22-16-25-21-15-19(18-10-5-4-6-11-18)12-13-20(21)24(22)27(23)14-7-9-17(2)28/h4-6,10-13,15-16H,3,7-9,14H2,1-2H3. The molecule has 0 aliphatic carbocycles. The molecule has 4 heteroatoms. The number of Topliss-reactive ketones (excluding diaryl/α,β-unsaturated/α-hetero) is 1. The van der Waals surface area contributed by atoms with Crippen LogP contribution >= 0.6 is 0 Å². The number of hydrogen-bond acceptors (Lipinski definition) is 3. The van der Waals surface area contributed by atoms with Gasteiger partial charge in [-0.15, -0.1) is 0 Å². The molecule has 4 aromatic rings. The first kappa shape index (κ1) is 18.4. The second-order valence-electron chi connectivity index (χ2n) is 7.33. The number of nitrogens with zero attached hydrogens (tertiary/aromatic N) is 3. The van der Waals surface area contributed by atoms with Gasteiger partial charge in [-0.05, 0) is 37.0 Å². The fraction of sp³-hybridized carbons (Fsp3) is 0.292. The smallest absolute Gasteiger partial charge is 0.129 e. The Morgan fingerprint density at radius 1 is 1.04 bits per heavy atom. The number of hydrogen-bond donors (Lipinski definition) is 0. The molecule has 28 heavy (non-hydrogen) atoms. The van der Waals surface area contributed by atoms with E-state index in [4.69, 9.17) is 4.98 Å². The summed E-state index contributed by atoms with van der Waals surface area (Å²) in [6, 6.07) is 16.8. The molecule has 0 fully saturated rings. The van der Waals surface area contributed by atoms with Crippen molar-refractivity contribution >= 4 is 27.7 Å². The third-order valence-corrected chi connectivity index (χ3v) is 5.14. The fourth-order valence-electron chi connectivity index (χ4n) is 3.81. The highest BCUT2D eigenvalue weighted by Gasteiger charge is 2.14. The number of benzene rings is 2. The van der Waals surface area contributed by atoms with Crippen LogP contribution in [0.3, 0.4) is 0 Å². The molecule has 4 nitrogen and oxygen atoms in total. The van der Waals surface area contributed by atoms with Crippen molar-refractivity contribution in [3.05, 3.63) is 60.6 Å². The van der Waals surface area contributed by atoms with Gasteiger partial charge >= 0.3 is 0 Å². The van der Waals surface area contributed by atoms with Crippen LogP contribution in [0.15, 0.2) is 54.7 Å². The molecular formula is C24H25N3O. The summed E-state index contributed by atoms with van der Waals surface area (Å²) in [6.07, 6.45) is 5.29. The molecule has 0 amide bonds. The van der Waals surface area contributed by atoms with Gasteiger partial charge in [-0.2, -0.15) is 0 Å². The van der Waals surface area contributed by atoms with E-state index in [0.717, 1.165) is 59.1 Å². The van der Waals surface area contributed by atoms with Crippen LogP contribution in [-0.2, 0) is 17.8 Å². The Morgan fingerprint density at radius 2 is 1.86 bits per heavy atom. The van der Waals surface area contributed by atoms with Crippen LogP contribution in [0.4, 0.5) is 0 Å². The Bertz CT molecular complexity index is 1130. The molecule has 0 spiro atoms. The van der Waals surface area contributed by atoms with Crippen LogP contribution in [0.25, 0.3) is 33.1 Å². The minimum Gasteiger partial charge on any atom is -0.327 e. The predicted molar refractivity (Wildman–Crippen MR) is 114 cm³/mol. The minimum atomic E-state index is 0.237. The number of carbonyl (C=O) groups excluding carboxylic acids is 1. The first-order valence-electron chi connectivity index (χ1n) is 10.00. The average Bonchev–Trinajstić information content (AvgIpc) is 3.06. The second-order valence-corrected chi connectivity index (χ2v) is 7.33. The van der Waals surface area contributed by atoms with Crippen molar-refractivity contribution in [2.45, 2.75) is 46.1 Å². The van der Waals surface area contributed by atoms with Gasteiger partial charge in [0.2, 0.25) is 0 Å². The molecule has 0 saturated carbocycles. The quantitative estimate of drug-likeness (QED) is 0.426. The summed E-state index contributed by atoms with van der Waals surface area (Å²) in [7, 11) is 0. The molecular weight excluding hydrogens is 346 g/mol. The maximum atomic E-state index is 11.4. The summed E-state index contributed by atoms with van der Waals surface area (Å²) < 4.78 is 2.30. The molecule has 0 aliphatic heterocycles. The summed E-state index contributed by atoms with van der Waals surface area (Å²) in [5.74, 6) is 1.32. The van der Waals surface area contributed by atoms with Crippen LogP contribution in [0.5, 0.6) is 0 Å². The summed E-state index contributed by atoms with van der Waals surface area (Å²) in [4.78, 5) is 20.9. The Morgan fingerprint density at radius 3 is 2.61 bits per heavy atom. The van der Waals surface area contributed by atoms with Gasteiger partial charge in [-0.3, -0.25) is 4.98 Å². The molecule has 142 valence electrons. The zero-order valence-corrected chi connectivity index (χ0v) is 16.5. The van der Waals surface area contributed by atoms with Crippen LogP contribution in [0, 0.1) is 0 Å². The molecule has 0 atom stereocenters. The van der Waals surface area contributed by atoms with E-state index in [2.05, 4.69) is 58.9 Å². The lowest BCUT2D eigenvalue weighted by molar-refractivity contribution is -0.117. The molecule has 0 radical (unpaired) electrons. The minimum absolute atomic E-state index is 0.237. The van der Waals surface area contributed by atoms with Crippen LogP contribution in [-0.4, -0.2) is 20.3 Å². The number of aryl methyl sites for hydroxylation is 2. The summed E-state index contributed by atoms with van der Waals surface area (Å²) in [5.41, 5.74) is 5.40. The zero-order chi connectivity index (χ0) is 19.5. The monoisotopic (exact) mass is 371 g/mol. The Balaban J connectivity index is 1.84. The van der Waals surface area contributed by atoms with Gasteiger partial charge in [0, 0.05) is 24.8 Å². The number of aromatic nitrogens is 3. The highest BCUT2D eigenvalue weighted by atomic mass is 16.1. The van der Waals surface area contributed by atoms with Crippen LogP contribution < -0.4 is 0 Å². The van der Waals surface area contributed by atoms with E-state index < -0.39 is 0 Å². The van der Waals surface area contributed by atoms with Gasteiger partial charge in [0.15, 0.2) is 0 Å². The van der Waals surface area contributed by atoms with E-state index >= 15 is 0 Å². The van der Waals surface area contributed by atoms with E-state index in [1.165, 1.54) is 5.56 Å². The lowest BCUT2D eigenvalue weighted by atomic mass is 10.0. The molecule has 0 N–H and O–H groups in total. The lowest BCUT2D eigenvalue weighted by Gasteiger charge is -2.10. The Kier molecular flexibility index (Phi) is 5.20. The maximum Gasteiger partial charge on any atom is 0.129 e. The molecule has 0 aliphatic rings. The second kappa shape index (κ2) is 7.93. The highest BCUT2D eigenvalue weighted by molar-refractivity contribution is 6.03. The molecule has 0 unspecified atom stereocenters. The van der Waals surface area contributed by atoms with Crippen molar-refractivity contribution in [2.75, 3.05) is 0 Å². The van der Waals surface area contributed by atoms with Crippen molar-refractivity contribution < 1.29 is 4.79 Å². The van der Waals surface area contributed by atoms with Crippen LogP contribution in [0.2, 0.25) is 0 Å². The summed E-state index contributed by atoms with van der Waals surface area (Å²) in [5, 5.41) is 1.12. The van der Waals surface area contributed by atoms with Crippen molar-refractivity contribution in [3.8, 4) is 11.1 Å². The molecule has 0 bridgehead atoms. The average molecular weight is 371 g/mol. The van der Waals surface area contributed by atoms with Crippen molar-refractivity contribution in [2.24, 2.45) is 0 Å². The van der Waals surface area contributed by atoms with Gasteiger partial charge < -0.3 is 9.36 Å². The molecule has 2 aromatic heterocycles. The summed E-state index contributed by atoms with van der Waals surface area (Å²) >= 11 is 0. The van der Waals surface area contributed by atoms with Gasteiger partial charge in [0.1, 0.15) is 17.1 Å². The number of carbonyl (C=O) groups is 1. The molecule has 2 heterocycles. The molecule has 4 rings (SSSR count). The van der Waals surface area contributed by atoms with Gasteiger partial charge in [-0.1, -0.05) is 49.4 Å². The van der Waals surface area contributed by atoms with Gasteiger partial charge in [0.25, 0.3) is 0 Å². The van der Waals surface area contributed by atoms with Gasteiger partial charge in [-0.25, -0.2) is 4.98 Å². The van der Waals surface area contributed by atoms with E-state index in [-0.39, 0.29) is 5.78 Å². The number of rotatable bonds is 7. The Labute approximate surface area is 165 Å². The van der Waals surface area contributed by atoms with Crippen LogP contribution in [0.1, 0.15) is 38.9 Å². The SMILES string of the molecule is CCCc1nc2cnc3cc(-c4ccccc4)ccc3c2n1CCCC(C)=O. The molecule has 2 aromatic carbocycles. The van der Waals surface area contributed by atoms with E-state index in [0.29, 0.717) is 6.42 Å². The Hall–Kier alpha value is -3.01. The van der Waals surface area contributed by atoms with Crippen molar-refractivity contribution in [1.82, 2.24) is 14.5 Å². The number of ketones is 1. The normalized spacial score (nSPS) is 11.4. The third kappa shape index (κ3) is 3.55. The fourth-order valence-corrected chi connectivity index (χ4v) is 3.81. The molecule has 0 saturated heterocycles. The van der Waals surface area contributed by atoms with Gasteiger partial charge in [0.05, 0.1) is 17.2 Å². The topological polar surface area (TPSA) is 47.8 Å². The number of pyridine rings is 1. The van der Waals surface area contributed by atoms with Crippen molar-refractivity contribution in [3.63, 3.8) is 0 Å². The maximum absolute atomic E-state index is 11.4. The van der Waals surface area contributed by atoms with E-state index in [1.54, 1.807) is 6.92 Å². The number of imidazole rings is 1. The summed E-state index contributed by atoms with van der Waals surface area (Å²) in [6.45, 7) is 4.64. The predicted octanol–water partition coefficient (Wildman–Crippen LogP) is 5.57. The first-order valence-corrected chi connectivity index (χ1v) is 10.00. The van der Waals surface area contributed by atoms with Crippen molar-refractivity contribution in [1.29, 1.82) is 0 Å². The number of fused-ring (bicyclic) bond motifs is 3. The first-order chi connectivity index (χ1) is 13.7. The third-order valence-electron chi connectivity index (χ3n) is 5.14. The highest BCUT2D eigenvalue weighted by Crippen LogP contribution is 2.29. The van der Waals surface area contributed by atoms with E-state index in [1.807, 2.05) is 12.3 Å². The lowest BCUT2D eigenvalue weighted by Crippen LogP contribution is -2.05. The van der Waals surface area contributed by atoms with E-state index in [9.17, 15) is 4.79 Å².